The molecule has 0 N–H and O–H groups in total. The summed E-state index contributed by atoms with van der Waals surface area (Å²) in [6.45, 7) is 6.72. The van der Waals surface area contributed by atoms with E-state index in [0.29, 0.717) is 0 Å². The second kappa shape index (κ2) is 5.94. The predicted octanol–water partition coefficient (Wildman–Crippen LogP) is 4.28. The lowest BCUT2D eigenvalue weighted by Crippen LogP contribution is -2.41. The molecule has 1 aromatic carbocycles. The van der Waals surface area contributed by atoms with Crippen molar-refractivity contribution in [1.82, 2.24) is 0 Å². The zero-order valence-electron chi connectivity index (χ0n) is 13.6. The van der Waals surface area contributed by atoms with Gasteiger partial charge < -0.3 is 9.31 Å². The van der Waals surface area contributed by atoms with Crippen LogP contribution in [-0.2, 0) is 9.31 Å². The standard InChI is InChI=1S/C16H20BF3O3/c1-14(2)15(3,4)23-17(22-14)13(16(18,19)20)10-12(21)11-8-6-5-7-9-11/h5-9,13H,10H2,1-4H3/t13-/m0/s1. The Morgan fingerprint density at radius 2 is 1.57 bits per heavy atom. The van der Waals surface area contributed by atoms with Gasteiger partial charge in [0.2, 0.25) is 0 Å². The quantitative estimate of drug-likeness (QED) is 0.611. The molecule has 23 heavy (non-hydrogen) atoms. The third-order valence-corrected chi connectivity index (χ3v) is 4.52. The first kappa shape index (κ1) is 18.0. The van der Waals surface area contributed by atoms with E-state index in [1.807, 2.05) is 0 Å². The summed E-state index contributed by atoms with van der Waals surface area (Å²) < 4.78 is 51.3. The predicted molar refractivity (Wildman–Crippen MR) is 81.3 cm³/mol. The molecule has 1 atom stereocenters. The summed E-state index contributed by atoms with van der Waals surface area (Å²) in [7, 11) is -1.49. The molecule has 0 unspecified atom stereocenters. The van der Waals surface area contributed by atoms with E-state index < -0.39 is 42.5 Å². The largest absolute Gasteiger partial charge is 0.470 e. The fourth-order valence-electron chi connectivity index (χ4n) is 2.36. The summed E-state index contributed by atoms with van der Waals surface area (Å²) in [5, 5.41) is 0. The number of rotatable bonds is 4. The Morgan fingerprint density at radius 3 is 2.00 bits per heavy atom. The third-order valence-electron chi connectivity index (χ3n) is 4.52. The molecule has 0 spiro atoms. The van der Waals surface area contributed by atoms with Gasteiger partial charge in [-0.3, -0.25) is 4.79 Å². The maximum absolute atomic E-state index is 13.4. The molecule has 1 aliphatic rings. The molecule has 7 heteroatoms. The summed E-state index contributed by atoms with van der Waals surface area (Å²) in [6, 6.07) is 7.93. The highest BCUT2D eigenvalue weighted by Gasteiger charge is 2.60. The van der Waals surface area contributed by atoms with E-state index in [0.717, 1.165) is 0 Å². The van der Waals surface area contributed by atoms with Gasteiger partial charge in [0.1, 0.15) is 0 Å². The highest BCUT2D eigenvalue weighted by Crippen LogP contribution is 2.46. The molecule has 1 aromatic rings. The number of ketones is 1. The van der Waals surface area contributed by atoms with Crippen molar-refractivity contribution in [3.8, 4) is 0 Å². The van der Waals surface area contributed by atoms with Crippen LogP contribution in [-0.4, -0.2) is 30.3 Å². The van der Waals surface area contributed by atoms with Gasteiger partial charge >= 0.3 is 13.3 Å². The van der Waals surface area contributed by atoms with Gasteiger partial charge in [-0.15, -0.1) is 0 Å². The van der Waals surface area contributed by atoms with E-state index in [1.54, 1.807) is 45.9 Å². The highest BCUT2D eigenvalue weighted by molar-refractivity contribution is 6.48. The lowest BCUT2D eigenvalue weighted by molar-refractivity contribution is -0.138. The minimum atomic E-state index is -4.59. The summed E-state index contributed by atoms with van der Waals surface area (Å²) in [6.07, 6.45) is -5.30. The lowest BCUT2D eigenvalue weighted by atomic mass is 9.68. The molecule has 0 aliphatic carbocycles. The van der Waals surface area contributed by atoms with Gasteiger partial charge in [0.15, 0.2) is 5.78 Å². The Balaban J connectivity index is 2.22. The van der Waals surface area contributed by atoms with Crippen molar-refractivity contribution in [1.29, 1.82) is 0 Å². The van der Waals surface area contributed by atoms with Crippen molar-refractivity contribution in [2.75, 3.05) is 0 Å². The third kappa shape index (κ3) is 3.78. The van der Waals surface area contributed by atoms with E-state index in [2.05, 4.69) is 0 Å². The van der Waals surface area contributed by atoms with Crippen molar-refractivity contribution >= 4 is 12.9 Å². The zero-order chi connectivity index (χ0) is 17.5. The number of halogens is 3. The Morgan fingerprint density at radius 1 is 1.09 bits per heavy atom. The van der Waals surface area contributed by atoms with Crippen LogP contribution in [0.1, 0.15) is 44.5 Å². The number of alkyl halides is 3. The van der Waals surface area contributed by atoms with Gasteiger partial charge in [0.05, 0.1) is 17.0 Å². The maximum Gasteiger partial charge on any atom is 0.470 e. The molecular weight excluding hydrogens is 308 g/mol. The monoisotopic (exact) mass is 328 g/mol. The first-order valence-electron chi connectivity index (χ1n) is 7.45. The number of carbonyl (C=O) groups is 1. The number of Topliss-reactive ketones (excluding diaryl/α,β-unsaturated/α-hetero) is 1. The Hall–Kier alpha value is -1.34. The minimum absolute atomic E-state index is 0.248. The normalized spacial score (nSPS) is 21.3. The van der Waals surface area contributed by atoms with Crippen LogP contribution < -0.4 is 0 Å². The van der Waals surface area contributed by atoms with Crippen LogP contribution >= 0.6 is 0 Å². The molecule has 1 fully saturated rings. The van der Waals surface area contributed by atoms with Crippen molar-refractivity contribution < 1.29 is 27.3 Å². The molecule has 1 saturated heterocycles. The molecule has 3 nitrogen and oxygen atoms in total. The SMILES string of the molecule is CC1(C)OB([C@@H](CC(=O)c2ccccc2)C(F)(F)F)OC1(C)C. The van der Waals surface area contributed by atoms with E-state index in [1.165, 1.54) is 12.1 Å². The van der Waals surface area contributed by atoms with Crippen LogP contribution in [0.2, 0.25) is 5.82 Å². The molecule has 126 valence electrons. The first-order chi connectivity index (χ1) is 10.4. The molecule has 0 aromatic heterocycles. The van der Waals surface area contributed by atoms with Gasteiger partial charge in [-0.1, -0.05) is 30.3 Å². The summed E-state index contributed by atoms with van der Waals surface area (Å²) in [5.74, 6) is -2.58. The van der Waals surface area contributed by atoms with Crippen molar-refractivity contribution in [3.05, 3.63) is 35.9 Å². The topological polar surface area (TPSA) is 35.5 Å². The van der Waals surface area contributed by atoms with Crippen molar-refractivity contribution in [2.24, 2.45) is 0 Å². The molecule has 1 heterocycles. The van der Waals surface area contributed by atoms with Crippen LogP contribution in [0.4, 0.5) is 13.2 Å². The molecular formula is C16H20BF3O3. The van der Waals surface area contributed by atoms with Crippen LogP contribution in [0.25, 0.3) is 0 Å². The summed E-state index contributed by atoms with van der Waals surface area (Å²) in [5.41, 5.74) is -1.51. The Kier molecular flexibility index (Phi) is 4.65. The van der Waals surface area contributed by atoms with Gasteiger partial charge in [-0.05, 0) is 27.7 Å². The molecule has 0 bridgehead atoms. The lowest BCUT2D eigenvalue weighted by Gasteiger charge is -2.32. The van der Waals surface area contributed by atoms with Gasteiger partial charge in [-0.25, -0.2) is 0 Å². The molecule has 0 radical (unpaired) electrons. The van der Waals surface area contributed by atoms with Crippen molar-refractivity contribution in [3.63, 3.8) is 0 Å². The van der Waals surface area contributed by atoms with E-state index in [4.69, 9.17) is 9.31 Å². The van der Waals surface area contributed by atoms with Gasteiger partial charge in [-0.2, -0.15) is 13.2 Å². The number of benzene rings is 1. The number of hydrogen-bond donors (Lipinski definition) is 0. The van der Waals surface area contributed by atoms with Gasteiger partial charge in [0.25, 0.3) is 0 Å². The average molecular weight is 328 g/mol. The molecule has 2 rings (SSSR count). The summed E-state index contributed by atoms with van der Waals surface area (Å²) in [4.78, 5) is 12.2. The van der Waals surface area contributed by atoms with Crippen LogP contribution in [0, 0.1) is 0 Å². The maximum atomic E-state index is 13.4. The van der Waals surface area contributed by atoms with Crippen LogP contribution in [0.5, 0.6) is 0 Å². The highest BCUT2D eigenvalue weighted by atomic mass is 19.4. The van der Waals surface area contributed by atoms with Crippen LogP contribution in [0.15, 0.2) is 30.3 Å². The molecule has 0 amide bonds. The van der Waals surface area contributed by atoms with Gasteiger partial charge in [0, 0.05) is 12.0 Å². The fourth-order valence-corrected chi connectivity index (χ4v) is 2.36. The average Bonchev–Trinajstić information content (AvgIpc) is 2.63. The second-order valence-electron chi connectivity index (χ2n) is 6.77. The van der Waals surface area contributed by atoms with Crippen LogP contribution in [0.3, 0.4) is 0 Å². The Labute approximate surface area is 134 Å². The van der Waals surface area contributed by atoms with E-state index in [9.17, 15) is 18.0 Å². The molecule has 0 saturated carbocycles. The fraction of sp³-hybridized carbons (Fsp3) is 0.562. The van der Waals surface area contributed by atoms with E-state index in [-0.39, 0.29) is 5.56 Å². The molecule has 1 aliphatic heterocycles. The number of carbonyl (C=O) groups excluding carboxylic acids is 1. The number of hydrogen-bond acceptors (Lipinski definition) is 3. The summed E-state index contributed by atoms with van der Waals surface area (Å²) >= 11 is 0. The Bertz CT molecular complexity index is 554. The minimum Gasteiger partial charge on any atom is -0.403 e. The zero-order valence-corrected chi connectivity index (χ0v) is 13.6. The van der Waals surface area contributed by atoms with E-state index >= 15 is 0 Å². The first-order valence-corrected chi connectivity index (χ1v) is 7.45. The second-order valence-corrected chi connectivity index (χ2v) is 6.77. The smallest absolute Gasteiger partial charge is 0.403 e. The van der Waals surface area contributed by atoms with Crippen molar-refractivity contribution in [2.45, 2.75) is 57.3 Å².